The molecule has 0 amide bonds. The fourth-order valence-electron chi connectivity index (χ4n) is 3.80. The van der Waals surface area contributed by atoms with Crippen molar-refractivity contribution in [1.82, 2.24) is 14.8 Å². The van der Waals surface area contributed by atoms with Crippen molar-refractivity contribution in [2.75, 3.05) is 31.2 Å². The molecule has 1 aliphatic heterocycles. The molecule has 8 nitrogen and oxygen atoms in total. The number of hydrogen-bond donors (Lipinski definition) is 0. The van der Waals surface area contributed by atoms with Gasteiger partial charge in [0.05, 0.1) is 24.2 Å². The third-order valence-corrected chi connectivity index (χ3v) is 6.84. The van der Waals surface area contributed by atoms with Crippen LogP contribution in [-0.2, 0) is 11.3 Å². The van der Waals surface area contributed by atoms with Gasteiger partial charge in [0.2, 0.25) is 0 Å². The third kappa shape index (κ3) is 4.21. The van der Waals surface area contributed by atoms with Gasteiger partial charge in [-0.15, -0.1) is 0 Å². The van der Waals surface area contributed by atoms with Crippen LogP contribution in [0.5, 0.6) is 0 Å². The lowest BCUT2D eigenvalue weighted by atomic mass is 10.0. The van der Waals surface area contributed by atoms with Gasteiger partial charge in [0.1, 0.15) is 12.2 Å². The number of rotatable bonds is 6. The van der Waals surface area contributed by atoms with Crippen LogP contribution in [0.15, 0.2) is 51.9 Å². The van der Waals surface area contributed by atoms with Gasteiger partial charge in [0, 0.05) is 18.7 Å². The van der Waals surface area contributed by atoms with E-state index in [-0.39, 0.29) is 17.9 Å². The molecule has 0 unspecified atom stereocenters. The fraction of sp³-hybridized carbons (Fsp3) is 0.333. The molecule has 3 aromatic heterocycles. The molecule has 9 heteroatoms. The average Bonchev–Trinajstić information content (AvgIpc) is 3.52. The molecule has 0 N–H and O–H groups in total. The topological polar surface area (TPSA) is 90.5 Å². The quantitative estimate of drug-likeness (QED) is 0.399. The summed E-state index contributed by atoms with van der Waals surface area (Å²) in [4.78, 5) is 33.0. The fourth-order valence-corrected chi connectivity index (χ4v) is 4.90. The Morgan fingerprint density at radius 1 is 1.15 bits per heavy atom. The summed E-state index contributed by atoms with van der Waals surface area (Å²) in [6.07, 6.45) is 1.56. The first-order valence-corrected chi connectivity index (χ1v) is 11.7. The van der Waals surface area contributed by atoms with Crippen LogP contribution in [0.4, 0.5) is 5.13 Å². The standard InChI is InChI=1S/C24H24N4O4S/c1-15(2)16-5-7-17(8-6-16)18(29)14-28-23(30)21-22(20(26-28)19-4-3-11-32-19)33-24(25-21)27-9-12-31-13-10-27/h3-8,11,15H,9-10,12-14H2,1-2H3. The van der Waals surface area contributed by atoms with E-state index >= 15 is 0 Å². The minimum absolute atomic E-state index is 0.173. The summed E-state index contributed by atoms with van der Waals surface area (Å²) in [7, 11) is 0. The molecule has 1 aliphatic rings. The number of ketones is 1. The lowest BCUT2D eigenvalue weighted by Crippen LogP contribution is -2.36. The lowest BCUT2D eigenvalue weighted by molar-refractivity contribution is 0.0966. The Kier molecular flexibility index (Phi) is 5.82. The summed E-state index contributed by atoms with van der Waals surface area (Å²) in [5.41, 5.74) is 2.12. The van der Waals surface area contributed by atoms with Crippen molar-refractivity contribution in [1.29, 1.82) is 0 Å². The zero-order valence-electron chi connectivity index (χ0n) is 18.5. The first-order chi connectivity index (χ1) is 16.0. The molecule has 0 spiro atoms. The van der Waals surface area contributed by atoms with Gasteiger partial charge in [-0.25, -0.2) is 9.67 Å². The van der Waals surface area contributed by atoms with Crippen molar-refractivity contribution < 1.29 is 13.9 Å². The summed E-state index contributed by atoms with van der Waals surface area (Å²) >= 11 is 1.41. The van der Waals surface area contributed by atoms with E-state index < -0.39 is 0 Å². The number of hydrogen-bond acceptors (Lipinski definition) is 8. The van der Waals surface area contributed by atoms with E-state index in [1.54, 1.807) is 30.5 Å². The highest BCUT2D eigenvalue weighted by atomic mass is 32.1. The number of carbonyl (C=O) groups excluding carboxylic acids is 1. The maximum Gasteiger partial charge on any atom is 0.294 e. The molecule has 5 rings (SSSR count). The lowest BCUT2D eigenvalue weighted by Gasteiger charge is -2.25. The zero-order valence-corrected chi connectivity index (χ0v) is 19.3. The Bertz CT molecular complexity index is 1330. The van der Waals surface area contributed by atoms with E-state index in [2.05, 4.69) is 28.8 Å². The number of furan rings is 1. The van der Waals surface area contributed by atoms with E-state index in [0.717, 1.165) is 10.7 Å². The van der Waals surface area contributed by atoms with Crippen LogP contribution < -0.4 is 10.5 Å². The predicted molar refractivity (Wildman–Crippen MR) is 127 cm³/mol. The number of Topliss-reactive ketones (excluding diaryl/α,β-unsaturated/α-hetero) is 1. The van der Waals surface area contributed by atoms with Gasteiger partial charge < -0.3 is 14.1 Å². The normalized spacial score (nSPS) is 14.3. The number of carbonyl (C=O) groups is 1. The van der Waals surface area contributed by atoms with E-state index in [0.29, 0.717) is 59.5 Å². The smallest absolute Gasteiger partial charge is 0.294 e. The van der Waals surface area contributed by atoms with E-state index in [1.807, 2.05) is 12.1 Å². The highest BCUT2D eigenvalue weighted by Gasteiger charge is 2.23. The van der Waals surface area contributed by atoms with Crippen molar-refractivity contribution in [3.05, 3.63) is 64.1 Å². The molecule has 0 saturated carbocycles. The van der Waals surface area contributed by atoms with Gasteiger partial charge in [-0.3, -0.25) is 9.59 Å². The van der Waals surface area contributed by atoms with Crippen LogP contribution in [0.1, 0.15) is 35.7 Å². The van der Waals surface area contributed by atoms with E-state index in [4.69, 9.17) is 9.15 Å². The third-order valence-electron chi connectivity index (χ3n) is 5.72. The molecule has 0 bridgehead atoms. The van der Waals surface area contributed by atoms with Crippen LogP contribution in [-0.4, -0.2) is 46.9 Å². The summed E-state index contributed by atoms with van der Waals surface area (Å²) in [6.45, 7) is 6.69. The van der Waals surface area contributed by atoms with E-state index in [1.165, 1.54) is 16.0 Å². The Morgan fingerprint density at radius 3 is 2.58 bits per heavy atom. The van der Waals surface area contributed by atoms with E-state index in [9.17, 15) is 9.59 Å². The van der Waals surface area contributed by atoms with Crippen molar-refractivity contribution in [2.24, 2.45) is 0 Å². The Hall–Kier alpha value is -3.30. The number of ether oxygens (including phenoxy) is 1. The van der Waals surface area contributed by atoms with Crippen molar-refractivity contribution >= 4 is 32.5 Å². The number of nitrogens with zero attached hydrogens (tertiary/aromatic N) is 4. The zero-order chi connectivity index (χ0) is 22.9. The molecule has 1 fully saturated rings. The Labute approximate surface area is 194 Å². The molecule has 4 heterocycles. The number of thiazole rings is 1. The molecule has 170 valence electrons. The van der Waals surface area contributed by atoms with Crippen LogP contribution in [0.2, 0.25) is 0 Å². The minimum atomic E-state index is -0.386. The molecule has 1 saturated heterocycles. The molecule has 33 heavy (non-hydrogen) atoms. The van der Waals surface area contributed by atoms with Gasteiger partial charge in [-0.2, -0.15) is 5.10 Å². The van der Waals surface area contributed by atoms with Gasteiger partial charge >= 0.3 is 0 Å². The first-order valence-electron chi connectivity index (χ1n) is 10.9. The van der Waals surface area contributed by atoms with Gasteiger partial charge in [-0.1, -0.05) is 49.4 Å². The Balaban J connectivity index is 1.55. The first kappa shape index (κ1) is 21.5. The number of morpholine rings is 1. The van der Waals surface area contributed by atoms with Gasteiger partial charge in [-0.05, 0) is 23.6 Å². The molecule has 0 aliphatic carbocycles. The summed E-state index contributed by atoms with van der Waals surface area (Å²) < 4.78 is 12.9. The second kappa shape index (κ2) is 8.92. The highest BCUT2D eigenvalue weighted by Crippen LogP contribution is 2.34. The molecule has 0 atom stereocenters. The van der Waals surface area contributed by atoms with Crippen molar-refractivity contribution in [3.63, 3.8) is 0 Å². The SMILES string of the molecule is CC(C)c1ccc(C(=O)Cn2nc(-c3ccco3)c3sc(N4CCOCC4)nc3c2=O)cc1. The number of anilines is 1. The van der Waals surface area contributed by atoms with Crippen molar-refractivity contribution in [2.45, 2.75) is 26.3 Å². The number of benzene rings is 1. The minimum Gasteiger partial charge on any atom is -0.463 e. The maximum absolute atomic E-state index is 13.3. The van der Waals surface area contributed by atoms with Gasteiger partial charge in [0.25, 0.3) is 5.56 Å². The predicted octanol–water partition coefficient (Wildman–Crippen LogP) is 3.96. The molecule has 1 aromatic carbocycles. The second-order valence-electron chi connectivity index (χ2n) is 8.26. The van der Waals surface area contributed by atoms with Crippen LogP contribution in [0, 0.1) is 0 Å². The summed E-state index contributed by atoms with van der Waals surface area (Å²) in [6, 6.07) is 11.0. The molecular formula is C24H24N4O4S. The molecular weight excluding hydrogens is 440 g/mol. The maximum atomic E-state index is 13.3. The van der Waals surface area contributed by atoms with Gasteiger partial charge in [0.15, 0.2) is 22.2 Å². The van der Waals surface area contributed by atoms with Crippen LogP contribution in [0.3, 0.4) is 0 Å². The molecule has 0 radical (unpaired) electrons. The summed E-state index contributed by atoms with van der Waals surface area (Å²) in [5.74, 6) is 0.718. The second-order valence-corrected chi connectivity index (χ2v) is 9.24. The largest absolute Gasteiger partial charge is 0.463 e. The number of aromatic nitrogens is 3. The summed E-state index contributed by atoms with van der Waals surface area (Å²) in [5, 5.41) is 5.27. The number of fused-ring (bicyclic) bond motifs is 1. The monoisotopic (exact) mass is 464 g/mol. The average molecular weight is 465 g/mol. The van der Waals surface area contributed by atoms with Crippen LogP contribution >= 0.6 is 11.3 Å². The Morgan fingerprint density at radius 2 is 1.91 bits per heavy atom. The highest BCUT2D eigenvalue weighted by molar-refractivity contribution is 7.22. The molecule has 4 aromatic rings. The van der Waals surface area contributed by atoms with Crippen molar-refractivity contribution in [3.8, 4) is 11.5 Å². The van der Waals surface area contributed by atoms with Crippen LogP contribution in [0.25, 0.3) is 21.7 Å².